The summed E-state index contributed by atoms with van der Waals surface area (Å²) in [5, 5.41) is 6.82. The second kappa shape index (κ2) is 3.84. The maximum Gasteiger partial charge on any atom is 0.0250 e. The van der Waals surface area contributed by atoms with Crippen LogP contribution in [-0.4, -0.2) is 6.21 Å². The van der Waals surface area contributed by atoms with Gasteiger partial charge in [0.2, 0.25) is 0 Å². The molecule has 1 aromatic carbocycles. The highest BCUT2D eigenvalue weighted by Crippen LogP contribution is 1.91. The molecule has 1 aromatic rings. The van der Waals surface area contributed by atoms with E-state index in [-0.39, 0.29) is 7.43 Å². The summed E-state index contributed by atoms with van der Waals surface area (Å²) in [4.78, 5) is 0. The Balaban J connectivity index is 0.000000640. The lowest BCUT2D eigenvalue weighted by molar-refractivity contribution is 1.54. The van der Waals surface area contributed by atoms with E-state index in [2.05, 4.69) is 0 Å². The van der Waals surface area contributed by atoms with Crippen LogP contribution in [-0.2, 0) is 0 Å². The van der Waals surface area contributed by atoms with Gasteiger partial charge in [-0.3, -0.25) is 0 Å². The molecule has 0 bridgehead atoms. The fourth-order valence-electron chi connectivity index (χ4n) is 0.549. The van der Waals surface area contributed by atoms with Crippen LogP contribution >= 0.6 is 0 Å². The smallest absolute Gasteiger partial charge is 0.0250 e. The van der Waals surface area contributed by atoms with Crippen LogP contribution in [0.4, 0.5) is 0 Å². The summed E-state index contributed by atoms with van der Waals surface area (Å²) in [6.07, 6.45) is 1.33. The first-order chi connectivity index (χ1) is 3.93. The normalized spacial score (nSPS) is 7.56. The molecule has 0 amide bonds. The molecule has 0 heterocycles. The highest BCUT2D eigenvalue weighted by molar-refractivity contribution is 5.76. The number of rotatable bonds is 1. The van der Waals surface area contributed by atoms with Gasteiger partial charge in [0.05, 0.1) is 0 Å². The second-order valence-electron chi connectivity index (χ2n) is 1.56. The van der Waals surface area contributed by atoms with E-state index >= 15 is 0 Å². The second-order valence-corrected chi connectivity index (χ2v) is 1.56. The molecule has 1 heteroatoms. The van der Waals surface area contributed by atoms with Crippen LogP contribution in [0.3, 0.4) is 0 Å². The summed E-state index contributed by atoms with van der Waals surface area (Å²) >= 11 is 0. The van der Waals surface area contributed by atoms with Gasteiger partial charge in [-0.1, -0.05) is 37.8 Å². The maximum atomic E-state index is 6.82. The third kappa shape index (κ3) is 2.08. The predicted molar refractivity (Wildman–Crippen MR) is 41.1 cm³/mol. The van der Waals surface area contributed by atoms with Crippen LogP contribution in [0.5, 0.6) is 0 Å². The van der Waals surface area contributed by atoms with Crippen molar-refractivity contribution in [3.63, 3.8) is 0 Å². The molecule has 0 radical (unpaired) electrons. The van der Waals surface area contributed by atoms with Gasteiger partial charge in [-0.25, -0.2) is 0 Å². The third-order valence-electron chi connectivity index (χ3n) is 0.966. The summed E-state index contributed by atoms with van der Waals surface area (Å²) in [7, 11) is 0. The van der Waals surface area contributed by atoms with Crippen LogP contribution in [0.15, 0.2) is 30.3 Å². The third-order valence-corrected chi connectivity index (χ3v) is 0.966. The summed E-state index contributed by atoms with van der Waals surface area (Å²) in [5.74, 6) is 0. The molecule has 0 spiro atoms. The highest BCUT2D eigenvalue weighted by atomic mass is 14.3. The Hall–Kier alpha value is -1.11. The van der Waals surface area contributed by atoms with Gasteiger partial charge in [0, 0.05) is 6.21 Å². The van der Waals surface area contributed by atoms with Crippen molar-refractivity contribution in [1.82, 2.24) is 0 Å². The monoisotopic (exact) mass is 121 g/mol. The van der Waals surface area contributed by atoms with Crippen molar-refractivity contribution in [2.75, 3.05) is 0 Å². The van der Waals surface area contributed by atoms with Crippen molar-refractivity contribution in [3.05, 3.63) is 35.9 Å². The molecule has 0 fully saturated rings. The SMILES string of the molecule is C.N=Cc1ccccc1. The van der Waals surface area contributed by atoms with Crippen molar-refractivity contribution in [2.24, 2.45) is 0 Å². The van der Waals surface area contributed by atoms with E-state index in [1.54, 1.807) is 0 Å². The Labute approximate surface area is 55.9 Å². The van der Waals surface area contributed by atoms with Gasteiger partial charge in [-0.15, -0.1) is 0 Å². The van der Waals surface area contributed by atoms with Crippen molar-refractivity contribution >= 4 is 6.21 Å². The van der Waals surface area contributed by atoms with Crippen LogP contribution < -0.4 is 0 Å². The first kappa shape index (κ1) is 7.89. The van der Waals surface area contributed by atoms with E-state index in [1.165, 1.54) is 6.21 Å². The Morgan fingerprint density at radius 2 is 1.67 bits per heavy atom. The van der Waals surface area contributed by atoms with Gasteiger partial charge in [0.25, 0.3) is 0 Å². The molecule has 0 saturated heterocycles. The highest BCUT2D eigenvalue weighted by Gasteiger charge is 1.77. The molecule has 0 atom stereocenters. The Bertz CT molecular complexity index is 167. The quantitative estimate of drug-likeness (QED) is 0.551. The average molecular weight is 121 g/mol. The fraction of sp³-hybridized carbons (Fsp3) is 0.125. The van der Waals surface area contributed by atoms with E-state index in [1.807, 2.05) is 30.3 Å². The van der Waals surface area contributed by atoms with Crippen molar-refractivity contribution in [3.8, 4) is 0 Å². The zero-order valence-electron chi connectivity index (χ0n) is 4.46. The van der Waals surface area contributed by atoms with E-state index in [9.17, 15) is 0 Å². The molecule has 1 nitrogen and oxygen atoms in total. The molecule has 0 aliphatic heterocycles. The molecular formula is C8H11N. The Kier molecular flexibility index (Phi) is 3.37. The number of hydrogen-bond acceptors (Lipinski definition) is 1. The summed E-state index contributed by atoms with van der Waals surface area (Å²) < 4.78 is 0. The van der Waals surface area contributed by atoms with Crippen LogP contribution in [0.2, 0.25) is 0 Å². The summed E-state index contributed by atoms with van der Waals surface area (Å²) in [6.45, 7) is 0. The van der Waals surface area contributed by atoms with Gasteiger partial charge >= 0.3 is 0 Å². The fourth-order valence-corrected chi connectivity index (χ4v) is 0.549. The van der Waals surface area contributed by atoms with E-state index < -0.39 is 0 Å². The van der Waals surface area contributed by atoms with Crippen molar-refractivity contribution < 1.29 is 0 Å². The lowest BCUT2D eigenvalue weighted by atomic mass is 10.2. The first-order valence-electron chi connectivity index (χ1n) is 2.49. The van der Waals surface area contributed by atoms with Crippen LogP contribution in [0.1, 0.15) is 13.0 Å². The molecule has 0 aliphatic rings. The average Bonchev–Trinajstić information content (AvgIpc) is 1.90. The lowest BCUT2D eigenvalue weighted by Gasteiger charge is -1.84. The van der Waals surface area contributed by atoms with E-state index in [4.69, 9.17) is 5.41 Å². The molecule has 0 saturated carbocycles. The summed E-state index contributed by atoms with van der Waals surface area (Å²) in [6, 6.07) is 9.56. The van der Waals surface area contributed by atoms with Gasteiger partial charge in [0.15, 0.2) is 0 Å². The van der Waals surface area contributed by atoms with Gasteiger partial charge in [0.1, 0.15) is 0 Å². The molecule has 48 valence electrons. The molecule has 1 N–H and O–H groups in total. The molecule has 1 rings (SSSR count). The van der Waals surface area contributed by atoms with Crippen LogP contribution in [0.25, 0.3) is 0 Å². The van der Waals surface area contributed by atoms with Crippen LogP contribution in [0, 0.1) is 5.41 Å². The minimum absolute atomic E-state index is 0. The maximum absolute atomic E-state index is 6.82. The zero-order chi connectivity index (χ0) is 5.82. The summed E-state index contributed by atoms with van der Waals surface area (Å²) in [5.41, 5.74) is 0.951. The minimum atomic E-state index is 0. The lowest BCUT2D eigenvalue weighted by Crippen LogP contribution is -1.73. The number of nitrogens with one attached hydrogen (secondary N) is 1. The zero-order valence-corrected chi connectivity index (χ0v) is 4.46. The molecule has 0 unspecified atom stereocenters. The minimum Gasteiger partial charge on any atom is -0.308 e. The Morgan fingerprint density at radius 3 is 2.00 bits per heavy atom. The molecule has 0 aliphatic carbocycles. The van der Waals surface area contributed by atoms with Gasteiger partial charge in [-0.2, -0.15) is 0 Å². The largest absolute Gasteiger partial charge is 0.308 e. The standard InChI is InChI=1S/C7H7N.CH4/c8-6-7-4-2-1-3-5-7;/h1-6,8H;1H4. The topological polar surface area (TPSA) is 23.9 Å². The Morgan fingerprint density at radius 1 is 1.11 bits per heavy atom. The van der Waals surface area contributed by atoms with Gasteiger partial charge in [-0.05, 0) is 5.56 Å². The first-order valence-corrected chi connectivity index (χ1v) is 2.49. The van der Waals surface area contributed by atoms with E-state index in [0.717, 1.165) is 5.56 Å². The number of hydrogen-bond donors (Lipinski definition) is 1. The molecule has 0 aromatic heterocycles. The number of benzene rings is 1. The van der Waals surface area contributed by atoms with E-state index in [0.29, 0.717) is 0 Å². The molecule has 9 heavy (non-hydrogen) atoms. The predicted octanol–water partition coefficient (Wildman–Crippen LogP) is 2.32. The van der Waals surface area contributed by atoms with Crippen molar-refractivity contribution in [2.45, 2.75) is 7.43 Å². The van der Waals surface area contributed by atoms with Gasteiger partial charge < -0.3 is 5.41 Å². The molecular weight excluding hydrogens is 110 g/mol. The van der Waals surface area contributed by atoms with Crippen molar-refractivity contribution in [1.29, 1.82) is 5.41 Å².